The van der Waals surface area contributed by atoms with Gasteiger partial charge in [-0.05, 0) is 23.8 Å². The molecule has 0 radical (unpaired) electrons. The fraction of sp³-hybridized carbons (Fsp3) is 0.200. The molecule has 0 fully saturated rings. The van der Waals surface area contributed by atoms with Crippen LogP contribution in [0, 0.1) is 0 Å². The van der Waals surface area contributed by atoms with E-state index in [0.29, 0.717) is 11.3 Å². The molecule has 5 heteroatoms. The predicted octanol–water partition coefficient (Wildman–Crippen LogP) is 1.06. The third-order valence-electron chi connectivity index (χ3n) is 2.91. The van der Waals surface area contributed by atoms with Crippen molar-refractivity contribution in [3.8, 4) is 0 Å². The molecule has 1 heterocycles. The van der Waals surface area contributed by atoms with E-state index in [9.17, 15) is 9.90 Å². The Hall–Kier alpha value is -2.40. The van der Waals surface area contributed by atoms with Crippen molar-refractivity contribution in [2.75, 3.05) is 12.3 Å². The van der Waals surface area contributed by atoms with Crippen LogP contribution in [0.5, 0.6) is 0 Å². The van der Waals surface area contributed by atoms with E-state index < -0.39 is 6.10 Å². The second kappa shape index (κ2) is 6.68. The summed E-state index contributed by atoms with van der Waals surface area (Å²) < 4.78 is 0. The topological polar surface area (TPSA) is 88.2 Å². The average molecular weight is 271 g/mol. The summed E-state index contributed by atoms with van der Waals surface area (Å²) in [5.41, 5.74) is 7.81. The van der Waals surface area contributed by atoms with Crippen LogP contribution in [-0.4, -0.2) is 22.5 Å². The number of amides is 1. The maximum absolute atomic E-state index is 11.8. The summed E-state index contributed by atoms with van der Waals surface area (Å²) >= 11 is 0. The van der Waals surface area contributed by atoms with Gasteiger partial charge in [-0.2, -0.15) is 0 Å². The van der Waals surface area contributed by atoms with E-state index in [1.54, 1.807) is 36.7 Å². The first kappa shape index (κ1) is 14.0. The quantitative estimate of drug-likeness (QED) is 0.709. The highest BCUT2D eigenvalue weighted by atomic mass is 16.3. The number of carbonyl (C=O) groups is 1. The molecule has 4 N–H and O–H groups in total. The van der Waals surface area contributed by atoms with Crippen molar-refractivity contribution in [1.82, 2.24) is 10.3 Å². The fourth-order valence-electron chi connectivity index (χ4n) is 1.78. The Bertz CT molecular complexity index is 555. The number of benzene rings is 1. The lowest BCUT2D eigenvalue weighted by Gasteiger charge is -2.11. The van der Waals surface area contributed by atoms with Crippen LogP contribution >= 0.6 is 0 Å². The Kier molecular flexibility index (Phi) is 4.68. The number of carbonyl (C=O) groups excluding carboxylic acids is 1. The lowest BCUT2D eigenvalue weighted by Crippen LogP contribution is -2.29. The summed E-state index contributed by atoms with van der Waals surface area (Å²) in [6.45, 7) is 0.166. The number of nitrogens with one attached hydrogen (secondary N) is 1. The molecule has 5 nitrogen and oxygen atoms in total. The molecule has 1 atom stereocenters. The van der Waals surface area contributed by atoms with Gasteiger partial charge in [0.15, 0.2) is 0 Å². The van der Waals surface area contributed by atoms with Crippen molar-refractivity contribution >= 4 is 11.6 Å². The number of nitrogens with two attached hydrogens (primary N) is 1. The highest BCUT2D eigenvalue weighted by Crippen LogP contribution is 2.09. The molecule has 1 amide bonds. The Labute approximate surface area is 117 Å². The molecule has 2 aromatic rings. The van der Waals surface area contributed by atoms with Gasteiger partial charge in [-0.15, -0.1) is 0 Å². The largest absolute Gasteiger partial charge is 0.399 e. The van der Waals surface area contributed by atoms with Crippen LogP contribution in [0.3, 0.4) is 0 Å². The first-order valence-corrected chi connectivity index (χ1v) is 6.34. The second-order valence-corrected chi connectivity index (χ2v) is 4.52. The van der Waals surface area contributed by atoms with Crippen molar-refractivity contribution in [1.29, 1.82) is 0 Å². The van der Waals surface area contributed by atoms with Crippen LogP contribution < -0.4 is 11.1 Å². The van der Waals surface area contributed by atoms with Crippen LogP contribution in [0.4, 0.5) is 5.69 Å². The first-order valence-electron chi connectivity index (χ1n) is 6.34. The molecule has 0 spiro atoms. The minimum atomic E-state index is -0.751. The molecule has 0 aliphatic heterocycles. The second-order valence-electron chi connectivity index (χ2n) is 4.52. The van der Waals surface area contributed by atoms with Gasteiger partial charge in [0.05, 0.1) is 12.5 Å². The third kappa shape index (κ3) is 4.07. The molecule has 0 saturated heterocycles. The van der Waals surface area contributed by atoms with Gasteiger partial charge in [0.1, 0.15) is 0 Å². The summed E-state index contributed by atoms with van der Waals surface area (Å²) in [5, 5.41) is 12.6. The van der Waals surface area contributed by atoms with E-state index in [1.807, 2.05) is 12.1 Å². The highest BCUT2D eigenvalue weighted by Gasteiger charge is 2.09. The summed E-state index contributed by atoms with van der Waals surface area (Å²) in [6.07, 6.45) is 2.73. The molecular weight excluding hydrogens is 254 g/mol. The predicted molar refractivity (Wildman–Crippen MR) is 76.8 cm³/mol. The molecule has 0 bridgehead atoms. The Morgan fingerprint density at radius 3 is 2.70 bits per heavy atom. The van der Waals surface area contributed by atoms with Gasteiger partial charge in [-0.3, -0.25) is 9.78 Å². The molecule has 1 aromatic carbocycles. The lowest BCUT2D eigenvalue weighted by atomic mass is 10.1. The van der Waals surface area contributed by atoms with Crippen molar-refractivity contribution in [3.63, 3.8) is 0 Å². The highest BCUT2D eigenvalue weighted by molar-refractivity contribution is 5.78. The van der Waals surface area contributed by atoms with Crippen molar-refractivity contribution < 1.29 is 9.90 Å². The van der Waals surface area contributed by atoms with E-state index in [2.05, 4.69) is 10.3 Å². The summed E-state index contributed by atoms with van der Waals surface area (Å²) in [6, 6.07) is 10.7. The van der Waals surface area contributed by atoms with Crippen LogP contribution in [0.2, 0.25) is 0 Å². The number of rotatable bonds is 5. The Balaban J connectivity index is 1.82. The zero-order chi connectivity index (χ0) is 14.4. The number of hydrogen-bond acceptors (Lipinski definition) is 4. The Morgan fingerprint density at radius 2 is 2.05 bits per heavy atom. The number of nitrogens with zero attached hydrogens (tertiary/aromatic N) is 1. The van der Waals surface area contributed by atoms with E-state index >= 15 is 0 Å². The van der Waals surface area contributed by atoms with Crippen LogP contribution in [0.1, 0.15) is 17.2 Å². The summed E-state index contributed by atoms with van der Waals surface area (Å²) in [5.74, 6) is -0.141. The van der Waals surface area contributed by atoms with Crippen molar-refractivity contribution in [3.05, 3.63) is 59.9 Å². The number of aromatic nitrogens is 1. The van der Waals surface area contributed by atoms with Crippen LogP contribution in [0.15, 0.2) is 48.8 Å². The van der Waals surface area contributed by atoms with Gasteiger partial charge in [0, 0.05) is 30.2 Å². The lowest BCUT2D eigenvalue weighted by molar-refractivity contribution is -0.120. The zero-order valence-corrected chi connectivity index (χ0v) is 11.0. The molecule has 0 unspecified atom stereocenters. The molecule has 104 valence electrons. The van der Waals surface area contributed by atoms with Gasteiger partial charge in [-0.1, -0.05) is 18.2 Å². The number of aliphatic hydroxyl groups is 1. The van der Waals surface area contributed by atoms with Gasteiger partial charge >= 0.3 is 0 Å². The van der Waals surface area contributed by atoms with Gasteiger partial charge < -0.3 is 16.2 Å². The molecule has 0 aliphatic carbocycles. The molecule has 0 saturated carbocycles. The Morgan fingerprint density at radius 1 is 1.30 bits per heavy atom. The maximum Gasteiger partial charge on any atom is 0.224 e. The molecule has 20 heavy (non-hydrogen) atoms. The van der Waals surface area contributed by atoms with Crippen LogP contribution in [0.25, 0.3) is 0 Å². The van der Waals surface area contributed by atoms with Crippen LogP contribution in [-0.2, 0) is 11.2 Å². The van der Waals surface area contributed by atoms with Gasteiger partial charge in [-0.25, -0.2) is 0 Å². The molecule has 2 rings (SSSR count). The molecule has 0 aliphatic rings. The number of anilines is 1. The van der Waals surface area contributed by atoms with Crippen molar-refractivity contribution in [2.24, 2.45) is 0 Å². The zero-order valence-electron chi connectivity index (χ0n) is 11.0. The molecule has 1 aromatic heterocycles. The maximum atomic E-state index is 11.8. The standard InChI is InChI=1S/C15H17N3O2/c16-13-5-3-11(4-6-13)8-15(20)18-10-14(19)12-2-1-7-17-9-12/h1-7,9,14,19H,8,10,16H2,(H,18,20)/t14-/m1/s1. The minimum absolute atomic E-state index is 0.141. The van der Waals surface area contributed by atoms with E-state index in [1.165, 1.54) is 0 Å². The molecular formula is C15H17N3O2. The monoisotopic (exact) mass is 271 g/mol. The smallest absolute Gasteiger partial charge is 0.224 e. The minimum Gasteiger partial charge on any atom is -0.399 e. The number of hydrogen-bond donors (Lipinski definition) is 3. The number of pyridine rings is 1. The van der Waals surface area contributed by atoms with E-state index in [0.717, 1.165) is 5.56 Å². The summed E-state index contributed by atoms with van der Waals surface area (Å²) in [4.78, 5) is 15.7. The van der Waals surface area contributed by atoms with Crippen molar-refractivity contribution in [2.45, 2.75) is 12.5 Å². The van der Waals surface area contributed by atoms with Gasteiger partial charge in [0.2, 0.25) is 5.91 Å². The fourth-order valence-corrected chi connectivity index (χ4v) is 1.78. The third-order valence-corrected chi connectivity index (χ3v) is 2.91. The number of nitrogen functional groups attached to an aromatic ring is 1. The SMILES string of the molecule is Nc1ccc(CC(=O)NC[C@@H](O)c2cccnc2)cc1. The summed E-state index contributed by atoms with van der Waals surface area (Å²) in [7, 11) is 0. The van der Waals surface area contributed by atoms with E-state index in [4.69, 9.17) is 5.73 Å². The first-order chi connectivity index (χ1) is 9.65. The van der Waals surface area contributed by atoms with E-state index in [-0.39, 0.29) is 18.9 Å². The van der Waals surface area contributed by atoms with Gasteiger partial charge in [0.25, 0.3) is 0 Å². The number of aliphatic hydroxyl groups excluding tert-OH is 1. The average Bonchev–Trinajstić information content (AvgIpc) is 2.48. The normalized spacial score (nSPS) is 11.8.